The first kappa shape index (κ1) is 21.7. The van der Waals surface area contributed by atoms with Gasteiger partial charge in [-0.1, -0.05) is 30.3 Å². The highest BCUT2D eigenvalue weighted by atomic mass is 19.4. The molecule has 0 spiro atoms. The summed E-state index contributed by atoms with van der Waals surface area (Å²) in [5.74, 6) is -0.497. The van der Waals surface area contributed by atoms with Crippen LogP contribution in [0.5, 0.6) is 0 Å². The molecular formula is C22H18F3N5O. The number of benzene rings is 2. The highest BCUT2D eigenvalue weighted by Crippen LogP contribution is 2.33. The Labute approximate surface area is 176 Å². The zero-order chi connectivity index (χ0) is 22.4. The Kier molecular flexibility index (Phi) is 6.44. The van der Waals surface area contributed by atoms with Gasteiger partial charge in [0.15, 0.2) is 5.82 Å². The van der Waals surface area contributed by atoms with Crippen molar-refractivity contribution in [2.45, 2.75) is 6.18 Å². The van der Waals surface area contributed by atoms with Crippen molar-refractivity contribution in [2.24, 2.45) is 0 Å². The number of nitrogens with zero attached hydrogens (tertiary/aromatic N) is 2. The number of amides is 1. The van der Waals surface area contributed by atoms with Gasteiger partial charge in [0.2, 0.25) is 0 Å². The standard InChI is InChI=1S/C22H18F3N5O/c1-27-10-9-18(26)16-13-15(7-8-17(16)22(23,24)25)21(31)30-20-19(28-11-12-29-20)14-5-3-2-4-6-14/h2-13,26-27H,1H3,(H,29,30,31)/b10-9-,26-18?. The summed E-state index contributed by atoms with van der Waals surface area (Å²) in [4.78, 5) is 21.2. The molecule has 0 saturated carbocycles. The molecule has 0 aliphatic carbocycles. The third kappa shape index (κ3) is 5.13. The number of anilines is 1. The summed E-state index contributed by atoms with van der Waals surface area (Å²) in [6, 6.07) is 11.9. The minimum absolute atomic E-state index is 0.0460. The van der Waals surface area contributed by atoms with Crippen LogP contribution in [-0.2, 0) is 6.18 Å². The molecule has 0 fully saturated rings. The van der Waals surface area contributed by atoms with E-state index < -0.39 is 23.2 Å². The lowest BCUT2D eigenvalue weighted by molar-refractivity contribution is -0.137. The van der Waals surface area contributed by atoms with E-state index in [-0.39, 0.29) is 17.1 Å². The summed E-state index contributed by atoms with van der Waals surface area (Å²) in [7, 11) is 1.56. The van der Waals surface area contributed by atoms with Crippen molar-refractivity contribution in [2.75, 3.05) is 12.4 Å². The highest BCUT2D eigenvalue weighted by molar-refractivity contribution is 6.11. The molecule has 3 aromatic rings. The van der Waals surface area contributed by atoms with Crippen molar-refractivity contribution in [3.05, 3.63) is 89.9 Å². The number of alkyl halides is 3. The molecule has 0 bridgehead atoms. The van der Waals surface area contributed by atoms with Gasteiger partial charge in [-0.05, 0) is 30.5 Å². The second kappa shape index (κ2) is 9.21. The van der Waals surface area contributed by atoms with Crippen LogP contribution in [0.2, 0.25) is 0 Å². The fourth-order valence-corrected chi connectivity index (χ4v) is 2.83. The molecule has 1 amide bonds. The zero-order valence-corrected chi connectivity index (χ0v) is 16.4. The van der Waals surface area contributed by atoms with E-state index in [9.17, 15) is 18.0 Å². The van der Waals surface area contributed by atoms with Crippen molar-refractivity contribution in [3.63, 3.8) is 0 Å². The number of halogens is 3. The van der Waals surface area contributed by atoms with Crippen LogP contribution in [0.25, 0.3) is 11.3 Å². The van der Waals surface area contributed by atoms with Crippen molar-refractivity contribution in [1.82, 2.24) is 15.3 Å². The van der Waals surface area contributed by atoms with Gasteiger partial charge in [0, 0.05) is 36.1 Å². The SMILES string of the molecule is CN/C=C\C(=N)c1cc(C(=O)Nc2nccnc2-c2ccccc2)ccc1C(F)(F)F. The number of aromatic nitrogens is 2. The van der Waals surface area contributed by atoms with Gasteiger partial charge in [0.1, 0.15) is 5.69 Å². The lowest BCUT2D eigenvalue weighted by atomic mass is 9.99. The van der Waals surface area contributed by atoms with Crippen LogP contribution in [0.15, 0.2) is 73.2 Å². The third-order valence-electron chi connectivity index (χ3n) is 4.27. The molecule has 9 heteroatoms. The molecule has 0 radical (unpaired) electrons. The van der Waals surface area contributed by atoms with Crippen LogP contribution in [0.4, 0.5) is 19.0 Å². The number of rotatable bonds is 6. The summed E-state index contributed by atoms with van der Waals surface area (Å²) in [6.45, 7) is 0. The Morgan fingerprint density at radius 3 is 2.45 bits per heavy atom. The molecular weight excluding hydrogens is 407 g/mol. The van der Waals surface area contributed by atoms with E-state index in [1.165, 1.54) is 24.7 Å². The van der Waals surface area contributed by atoms with Gasteiger partial charge in [-0.2, -0.15) is 13.2 Å². The molecule has 0 atom stereocenters. The number of carbonyl (C=O) groups excluding carboxylic acids is 1. The molecule has 0 aliphatic heterocycles. The molecule has 1 aromatic heterocycles. The second-order valence-electron chi connectivity index (χ2n) is 6.37. The van der Waals surface area contributed by atoms with Gasteiger partial charge in [0.25, 0.3) is 5.91 Å². The van der Waals surface area contributed by atoms with Crippen molar-refractivity contribution >= 4 is 17.4 Å². The lowest BCUT2D eigenvalue weighted by Crippen LogP contribution is -2.18. The topological polar surface area (TPSA) is 90.8 Å². The first-order chi connectivity index (χ1) is 14.8. The molecule has 1 heterocycles. The van der Waals surface area contributed by atoms with Crippen LogP contribution < -0.4 is 10.6 Å². The molecule has 158 valence electrons. The summed E-state index contributed by atoms with van der Waals surface area (Å²) in [5, 5.41) is 13.2. The van der Waals surface area contributed by atoms with Crippen molar-refractivity contribution in [1.29, 1.82) is 5.41 Å². The van der Waals surface area contributed by atoms with E-state index >= 15 is 0 Å². The average molecular weight is 425 g/mol. The summed E-state index contributed by atoms with van der Waals surface area (Å²) < 4.78 is 40.2. The Morgan fingerprint density at radius 1 is 1.06 bits per heavy atom. The smallest absolute Gasteiger partial charge is 0.394 e. The number of nitrogens with one attached hydrogen (secondary N) is 3. The predicted octanol–water partition coefficient (Wildman–Crippen LogP) is 4.52. The Morgan fingerprint density at radius 2 is 1.77 bits per heavy atom. The van der Waals surface area contributed by atoms with E-state index in [4.69, 9.17) is 5.41 Å². The average Bonchev–Trinajstić information content (AvgIpc) is 2.77. The minimum atomic E-state index is -4.67. The quantitative estimate of drug-likeness (QED) is 0.507. The molecule has 3 rings (SSSR count). The summed E-state index contributed by atoms with van der Waals surface area (Å²) in [5.41, 5.74) is -0.698. The molecule has 0 saturated heterocycles. The van der Waals surface area contributed by atoms with Gasteiger partial charge in [-0.3, -0.25) is 9.78 Å². The van der Waals surface area contributed by atoms with Crippen LogP contribution in [-0.4, -0.2) is 28.6 Å². The number of carbonyl (C=O) groups is 1. The number of hydrogen-bond acceptors (Lipinski definition) is 5. The van der Waals surface area contributed by atoms with Crippen molar-refractivity contribution < 1.29 is 18.0 Å². The normalized spacial score (nSPS) is 11.4. The Bertz CT molecular complexity index is 1130. The predicted molar refractivity (Wildman–Crippen MR) is 112 cm³/mol. The van der Waals surface area contributed by atoms with E-state index in [2.05, 4.69) is 20.6 Å². The fourth-order valence-electron chi connectivity index (χ4n) is 2.83. The van der Waals surface area contributed by atoms with Crippen molar-refractivity contribution in [3.8, 4) is 11.3 Å². The number of allylic oxidation sites excluding steroid dienone is 1. The van der Waals surface area contributed by atoms with E-state index in [0.717, 1.165) is 23.8 Å². The van der Waals surface area contributed by atoms with Crippen LogP contribution in [0.1, 0.15) is 21.5 Å². The third-order valence-corrected chi connectivity index (χ3v) is 4.27. The minimum Gasteiger partial charge on any atom is -0.394 e. The van der Waals surface area contributed by atoms with Gasteiger partial charge < -0.3 is 16.0 Å². The molecule has 0 aliphatic rings. The van der Waals surface area contributed by atoms with Crippen LogP contribution in [0, 0.1) is 5.41 Å². The van der Waals surface area contributed by atoms with Crippen LogP contribution in [0.3, 0.4) is 0 Å². The second-order valence-corrected chi connectivity index (χ2v) is 6.37. The Hall–Kier alpha value is -4.01. The maximum Gasteiger partial charge on any atom is 0.417 e. The fraction of sp³-hybridized carbons (Fsp3) is 0.0909. The van der Waals surface area contributed by atoms with Gasteiger partial charge in [-0.15, -0.1) is 0 Å². The maximum atomic E-state index is 13.4. The first-order valence-electron chi connectivity index (χ1n) is 9.13. The van der Waals surface area contributed by atoms with Gasteiger partial charge >= 0.3 is 6.18 Å². The monoisotopic (exact) mass is 425 g/mol. The molecule has 0 unspecified atom stereocenters. The highest BCUT2D eigenvalue weighted by Gasteiger charge is 2.34. The molecule has 2 aromatic carbocycles. The maximum absolute atomic E-state index is 13.4. The van der Waals surface area contributed by atoms with Gasteiger partial charge in [-0.25, -0.2) is 4.98 Å². The van der Waals surface area contributed by atoms with E-state index in [0.29, 0.717) is 5.69 Å². The summed E-state index contributed by atoms with van der Waals surface area (Å²) in [6.07, 6.45) is 0.723. The summed E-state index contributed by atoms with van der Waals surface area (Å²) >= 11 is 0. The first-order valence-corrected chi connectivity index (χ1v) is 9.13. The van der Waals surface area contributed by atoms with E-state index in [1.54, 1.807) is 19.2 Å². The molecule has 6 nitrogen and oxygen atoms in total. The van der Waals surface area contributed by atoms with Gasteiger partial charge in [0.05, 0.1) is 11.3 Å². The number of hydrogen-bond donors (Lipinski definition) is 3. The molecule has 31 heavy (non-hydrogen) atoms. The largest absolute Gasteiger partial charge is 0.417 e. The Balaban J connectivity index is 1.97. The van der Waals surface area contributed by atoms with E-state index in [1.807, 2.05) is 18.2 Å². The lowest BCUT2D eigenvalue weighted by Gasteiger charge is -2.14. The van der Waals surface area contributed by atoms with Crippen LogP contribution >= 0.6 is 0 Å². The molecule has 3 N–H and O–H groups in total. The zero-order valence-electron chi connectivity index (χ0n) is 16.4.